The molecule has 4 nitrogen and oxygen atoms in total. The van der Waals surface area contributed by atoms with E-state index in [-0.39, 0.29) is 5.56 Å². The van der Waals surface area contributed by atoms with Gasteiger partial charge in [0.25, 0.3) is 5.56 Å². The fourth-order valence-electron chi connectivity index (χ4n) is 0.985. The van der Waals surface area contributed by atoms with Crippen molar-refractivity contribution in [2.75, 3.05) is 11.9 Å². The van der Waals surface area contributed by atoms with E-state index in [4.69, 9.17) is 0 Å². The van der Waals surface area contributed by atoms with Crippen LogP contribution in [0.15, 0.2) is 4.79 Å². The standard InChI is InChI=1S/C8H13N3O/c1-4-9-7-5(2)8(12)11-6(3)10-7/h4H2,1-3H3,(H2,9,10,11,12). The second kappa shape index (κ2) is 3.38. The van der Waals surface area contributed by atoms with Crippen LogP contribution in [0.25, 0.3) is 0 Å². The normalized spacial score (nSPS) is 9.92. The lowest BCUT2D eigenvalue weighted by molar-refractivity contribution is 0.982. The van der Waals surface area contributed by atoms with E-state index in [0.717, 1.165) is 6.54 Å². The molecule has 1 heterocycles. The Morgan fingerprint density at radius 2 is 2.17 bits per heavy atom. The Balaban J connectivity index is 3.18. The number of rotatable bonds is 2. The Kier molecular flexibility index (Phi) is 2.47. The molecule has 0 unspecified atom stereocenters. The monoisotopic (exact) mass is 167 g/mol. The van der Waals surface area contributed by atoms with Crippen molar-refractivity contribution in [1.82, 2.24) is 9.97 Å². The molecule has 0 fully saturated rings. The molecule has 0 aliphatic carbocycles. The van der Waals surface area contributed by atoms with Gasteiger partial charge >= 0.3 is 0 Å². The Morgan fingerprint density at radius 3 is 2.75 bits per heavy atom. The molecule has 1 rings (SSSR count). The third-order valence-corrected chi connectivity index (χ3v) is 1.61. The first kappa shape index (κ1) is 8.77. The van der Waals surface area contributed by atoms with Crippen LogP contribution in [-0.2, 0) is 0 Å². The summed E-state index contributed by atoms with van der Waals surface area (Å²) in [7, 11) is 0. The van der Waals surface area contributed by atoms with Gasteiger partial charge in [-0.25, -0.2) is 4.98 Å². The Labute approximate surface area is 71.0 Å². The zero-order valence-corrected chi connectivity index (χ0v) is 7.56. The van der Waals surface area contributed by atoms with Crippen LogP contribution in [0, 0.1) is 13.8 Å². The zero-order chi connectivity index (χ0) is 9.14. The van der Waals surface area contributed by atoms with Crippen molar-refractivity contribution in [3.8, 4) is 0 Å². The summed E-state index contributed by atoms with van der Waals surface area (Å²) in [6, 6.07) is 0. The van der Waals surface area contributed by atoms with Crippen LogP contribution in [0.1, 0.15) is 18.3 Å². The van der Waals surface area contributed by atoms with Gasteiger partial charge in [0, 0.05) is 6.54 Å². The number of hydrogen-bond donors (Lipinski definition) is 2. The van der Waals surface area contributed by atoms with Crippen molar-refractivity contribution in [1.29, 1.82) is 0 Å². The first-order valence-electron chi connectivity index (χ1n) is 3.96. The largest absolute Gasteiger partial charge is 0.370 e. The van der Waals surface area contributed by atoms with Gasteiger partial charge in [0.1, 0.15) is 11.6 Å². The van der Waals surface area contributed by atoms with Crippen molar-refractivity contribution in [3.05, 3.63) is 21.7 Å². The predicted molar refractivity (Wildman–Crippen MR) is 48.5 cm³/mol. The van der Waals surface area contributed by atoms with Crippen molar-refractivity contribution >= 4 is 5.82 Å². The number of hydrogen-bond acceptors (Lipinski definition) is 3. The van der Waals surface area contributed by atoms with Crippen LogP contribution in [-0.4, -0.2) is 16.5 Å². The maximum atomic E-state index is 11.2. The van der Waals surface area contributed by atoms with Crippen LogP contribution in [0.4, 0.5) is 5.82 Å². The summed E-state index contributed by atoms with van der Waals surface area (Å²) < 4.78 is 0. The summed E-state index contributed by atoms with van der Waals surface area (Å²) in [5, 5.41) is 3.03. The first-order valence-corrected chi connectivity index (χ1v) is 3.96. The Bertz CT molecular complexity index is 330. The smallest absolute Gasteiger partial charge is 0.255 e. The summed E-state index contributed by atoms with van der Waals surface area (Å²) in [5.41, 5.74) is 0.570. The fourth-order valence-corrected chi connectivity index (χ4v) is 0.985. The molecule has 0 atom stereocenters. The first-order chi connectivity index (χ1) is 5.65. The van der Waals surface area contributed by atoms with Crippen molar-refractivity contribution < 1.29 is 0 Å². The maximum Gasteiger partial charge on any atom is 0.255 e. The second-order valence-corrected chi connectivity index (χ2v) is 2.66. The molecule has 0 spiro atoms. The van der Waals surface area contributed by atoms with E-state index in [1.807, 2.05) is 6.92 Å². The topological polar surface area (TPSA) is 57.8 Å². The fraction of sp³-hybridized carbons (Fsp3) is 0.500. The van der Waals surface area contributed by atoms with Crippen molar-refractivity contribution in [2.45, 2.75) is 20.8 Å². The van der Waals surface area contributed by atoms with E-state index >= 15 is 0 Å². The maximum absolute atomic E-state index is 11.2. The highest BCUT2D eigenvalue weighted by Crippen LogP contribution is 2.04. The molecule has 0 radical (unpaired) electrons. The minimum absolute atomic E-state index is 0.0709. The van der Waals surface area contributed by atoms with Gasteiger partial charge in [-0.2, -0.15) is 0 Å². The highest BCUT2D eigenvalue weighted by atomic mass is 16.1. The molecule has 0 aliphatic heterocycles. The van der Waals surface area contributed by atoms with Gasteiger partial charge in [-0.15, -0.1) is 0 Å². The molecular weight excluding hydrogens is 154 g/mol. The average molecular weight is 167 g/mol. The molecule has 12 heavy (non-hydrogen) atoms. The SMILES string of the molecule is CCNc1nc(C)[nH]c(=O)c1C. The Morgan fingerprint density at radius 1 is 1.50 bits per heavy atom. The van der Waals surface area contributed by atoms with Gasteiger partial charge in [-0.3, -0.25) is 4.79 Å². The minimum atomic E-state index is -0.0709. The lowest BCUT2D eigenvalue weighted by Gasteiger charge is -2.05. The van der Waals surface area contributed by atoms with E-state index in [1.165, 1.54) is 0 Å². The number of anilines is 1. The lowest BCUT2D eigenvalue weighted by Crippen LogP contribution is -2.16. The highest BCUT2D eigenvalue weighted by Gasteiger charge is 2.02. The van der Waals surface area contributed by atoms with Gasteiger partial charge < -0.3 is 10.3 Å². The molecule has 0 aliphatic rings. The predicted octanol–water partition coefficient (Wildman–Crippen LogP) is 0.819. The van der Waals surface area contributed by atoms with Gasteiger partial charge in [0.05, 0.1) is 5.56 Å². The molecule has 0 bridgehead atoms. The molecule has 0 saturated heterocycles. The van der Waals surface area contributed by atoms with Crippen LogP contribution < -0.4 is 10.9 Å². The van der Waals surface area contributed by atoms with Crippen molar-refractivity contribution in [2.24, 2.45) is 0 Å². The van der Waals surface area contributed by atoms with Gasteiger partial charge in [0.2, 0.25) is 0 Å². The summed E-state index contributed by atoms with van der Waals surface area (Å²) in [6.07, 6.45) is 0. The molecule has 2 N–H and O–H groups in total. The van der Waals surface area contributed by atoms with Crippen LogP contribution in [0.3, 0.4) is 0 Å². The number of aromatic nitrogens is 2. The summed E-state index contributed by atoms with van der Waals surface area (Å²) in [6.45, 7) is 6.26. The van der Waals surface area contributed by atoms with E-state index in [2.05, 4.69) is 15.3 Å². The van der Waals surface area contributed by atoms with E-state index in [1.54, 1.807) is 13.8 Å². The lowest BCUT2D eigenvalue weighted by atomic mass is 10.3. The molecule has 1 aromatic heterocycles. The molecular formula is C8H13N3O. The average Bonchev–Trinajstić information content (AvgIpc) is 2.00. The number of nitrogens with one attached hydrogen (secondary N) is 2. The zero-order valence-electron chi connectivity index (χ0n) is 7.56. The number of aromatic amines is 1. The summed E-state index contributed by atoms with van der Waals surface area (Å²) in [5.74, 6) is 1.32. The van der Waals surface area contributed by atoms with E-state index in [0.29, 0.717) is 17.2 Å². The van der Waals surface area contributed by atoms with Crippen molar-refractivity contribution in [3.63, 3.8) is 0 Å². The van der Waals surface area contributed by atoms with E-state index < -0.39 is 0 Å². The third kappa shape index (κ3) is 1.64. The summed E-state index contributed by atoms with van der Waals surface area (Å²) >= 11 is 0. The summed E-state index contributed by atoms with van der Waals surface area (Å²) in [4.78, 5) is 18.0. The second-order valence-electron chi connectivity index (χ2n) is 2.66. The Hall–Kier alpha value is -1.32. The van der Waals surface area contributed by atoms with E-state index in [9.17, 15) is 4.79 Å². The van der Waals surface area contributed by atoms with Crippen LogP contribution in [0.5, 0.6) is 0 Å². The van der Waals surface area contributed by atoms with Crippen LogP contribution >= 0.6 is 0 Å². The molecule has 0 amide bonds. The number of nitrogens with zero attached hydrogens (tertiary/aromatic N) is 1. The highest BCUT2D eigenvalue weighted by molar-refractivity contribution is 5.41. The van der Waals surface area contributed by atoms with Crippen LogP contribution in [0.2, 0.25) is 0 Å². The number of aryl methyl sites for hydroxylation is 1. The molecule has 4 heteroatoms. The molecule has 1 aromatic rings. The van der Waals surface area contributed by atoms with Gasteiger partial charge in [-0.05, 0) is 20.8 Å². The number of H-pyrrole nitrogens is 1. The molecule has 0 saturated carbocycles. The van der Waals surface area contributed by atoms with Gasteiger partial charge in [-0.1, -0.05) is 0 Å². The third-order valence-electron chi connectivity index (χ3n) is 1.61. The molecule has 0 aromatic carbocycles. The quantitative estimate of drug-likeness (QED) is 0.685. The van der Waals surface area contributed by atoms with Gasteiger partial charge in [0.15, 0.2) is 0 Å². The molecule has 66 valence electrons. The minimum Gasteiger partial charge on any atom is -0.370 e.